The fourth-order valence-corrected chi connectivity index (χ4v) is 3.43. The maximum Gasteiger partial charge on any atom is 0.191 e. The van der Waals surface area contributed by atoms with Crippen molar-refractivity contribution in [1.82, 2.24) is 15.5 Å². The summed E-state index contributed by atoms with van der Waals surface area (Å²) >= 11 is 1.86. The van der Waals surface area contributed by atoms with Crippen molar-refractivity contribution in [2.75, 3.05) is 32.7 Å². The van der Waals surface area contributed by atoms with E-state index in [-0.39, 0.29) is 0 Å². The third-order valence-corrected chi connectivity index (χ3v) is 4.79. The molecule has 0 amide bonds. The molecule has 0 spiro atoms. The molecule has 2 heterocycles. The van der Waals surface area contributed by atoms with Crippen LogP contribution in [0.2, 0.25) is 0 Å². The summed E-state index contributed by atoms with van der Waals surface area (Å²) in [6, 6.07) is 4.37. The lowest BCUT2D eigenvalue weighted by Crippen LogP contribution is -2.38. The molecular formula is C17H28N4S. The second kappa shape index (κ2) is 9.64. The average Bonchev–Trinajstić information content (AvgIpc) is 3.04. The molecule has 2 rings (SSSR count). The van der Waals surface area contributed by atoms with Crippen LogP contribution in [0.5, 0.6) is 0 Å². The van der Waals surface area contributed by atoms with Gasteiger partial charge in [-0.15, -0.1) is 17.9 Å². The Labute approximate surface area is 138 Å². The molecule has 122 valence electrons. The number of nitrogens with zero attached hydrogens (tertiary/aromatic N) is 2. The molecule has 2 N–H and O–H groups in total. The van der Waals surface area contributed by atoms with E-state index in [4.69, 9.17) is 4.99 Å². The minimum atomic E-state index is 0.707. The van der Waals surface area contributed by atoms with E-state index in [0.717, 1.165) is 32.1 Å². The van der Waals surface area contributed by atoms with Gasteiger partial charge in [0.15, 0.2) is 5.96 Å². The van der Waals surface area contributed by atoms with Crippen molar-refractivity contribution in [1.29, 1.82) is 0 Å². The van der Waals surface area contributed by atoms with Crippen LogP contribution in [0.4, 0.5) is 0 Å². The highest BCUT2D eigenvalue weighted by Gasteiger charge is 2.19. The first-order valence-corrected chi connectivity index (χ1v) is 9.07. The van der Waals surface area contributed by atoms with Gasteiger partial charge in [-0.1, -0.05) is 12.1 Å². The van der Waals surface area contributed by atoms with Gasteiger partial charge in [0, 0.05) is 31.1 Å². The lowest BCUT2D eigenvalue weighted by molar-refractivity contribution is 0.182. The van der Waals surface area contributed by atoms with Crippen molar-refractivity contribution in [3.63, 3.8) is 0 Å². The monoisotopic (exact) mass is 320 g/mol. The van der Waals surface area contributed by atoms with Gasteiger partial charge in [0.2, 0.25) is 0 Å². The van der Waals surface area contributed by atoms with Gasteiger partial charge < -0.3 is 10.6 Å². The Morgan fingerprint density at radius 2 is 2.27 bits per heavy atom. The Morgan fingerprint density at radius 1 is 1.45 bits per heavy atom. The predicted octanol–water partition coefficient (Wildman–Crippen LogP) is 2.70. The first kappa shape index (κ1) is 17.0. The number of aliphatic imine (C=N–C) groups is 1. The van der Waals surface area contributed by atoms with Gasteiger partial charge in [-0.2, -0.15) is 0 Å². The Morgan fingerprint density at radius 3 is 2.91 bits per heavy atom. The van der Waals surface area contributed by atoms with Crippen LogP contribution in [0.3, 0.4) is 0 Å². The number of hydrogen-bond acceptors (Lipinski definition) is 3. The molecule has 1 aliphatic heterocycles. The van der Waals surface area contributed by atoms with Crippen LogP contribution in [0.15, 0.2) is 35.2 Å². The van der Waals surface area contributed by atoms with Crippen LogP contribution in [0.1, 0.15) is 24.6 Å². The van der Waals surface area contributed by atoms with Crippen LogP contribution in [0, 0.1) is 5.92 Å². The molecule has 0 unspecified atom stereocenters. The van der Waals surface area contributed by atoms with Crippen molar-refractivity contribution < 1.29 is 0 Å². The molecule has 0 radical (unpaired) electrons. The number of likely N-dealkylation sites (tertiary alicyclic amines) is 1. The van der Waals surface area contributed by atoms with E-state index in [1.807, 2.05) is 17.4 Å². The topological polar surface area (TPSA) is 39.7 Å². The van der Waals surface area contributed by atoms with Crippen molar-refractivity contribution in [2.45, 2.75) is 26.3 Å². The quantitative estimate of drug-likeness (QED) is 0.461. The first-order valence-electron chi connectivity index (χ1n) is 8.19. The summed E-state index contributed by atoms with van der Waals surface area (Å²) in [5.41, 5.74) is 0. The summed E-state index contributed by atoms with van der Waals surface area (Å²) in [5, 5.41) is 8.70. The Hall–Kier alpha value is -1.33. The highest BCUT2D eigenvalue weighted by atomic mass is 32.1. The smallest absolute Gasteiger partial charge is 0.191 e. The zero-order valence-electron chi connectivity index (χ0n) is 13.6. The van der Waals surface area contributed by atoms with Crippen LogP contribution in [0.25, 0.3) is 0 Å². The molecular weight excluding hydrogens is 292 g/mol. The zero-order valence-corrected chi connectivity index (χ0v) is 14.4. The molecule has 0 aliphatic carbocycles. The maximum atomic E-state index is 4.71. The summed E-state index contributed by atoms with van der Waals surface area (Å²) in [5.74, 6) is 1.61. The molecule has 1 saturated heterocycles. The average molecular weight is 321 g/mol. The Kier molecular flexibility index (Phi) is 7.46. The zero-order chi connectivity index (χ0) is 15.6. The fraction of sp³-hybridized carbons (Fsp3) is 0.588. The normalized spacial score (nSPS) is 17.4. The number of thiophene rings is 1. The van der Waals surface area contributed by atoms with E-state index in [1.54, 1.807) is 0 Å². The van der Waals surface area contributed by atoms with E-state index in [9.17, 15) is 0 Å². The molecule has 1 aliphatic rings. The van der Waals surface area contributed by atoms with Gasteiger partial charge in [-0.05, 0) is 50.2 Å². The van der Waals surface area contributed by atoms with Crippen molar-refractivity contribution in [2.24, 2.45) is 10.9 Å². The molecule has 0 bridgehead atoms. The molecule has 1 aromatic heterocycles. The number of guanidine groups is 1. The molecule has 0 saturated carbocycles. The highest BCUT2D eigenvalue weighted by Crippen LogP contribution is 2.20. The third kappa shape index (κ3) is 5.81. The maximum absolute atomic E-state index is 4.71. The summed E-state index contributed by atoms with van der Waals surface area (Å²) in [4.78, 5) is 8.74. The number of hydrogen-bond donors (Lipinski definition) is 2. The lowest BCUT2D eigenvalue weighted by atomic mass is 9.97. The lowest BCUT2D eigenvalue weighted by Gasteiger charge is -2.31. The highest BCUT2D eigenvalue weighted by molar-refractivity contribution is 7.09. The van der Waals surface area contributed by atoms with E-state index in [1.165, 1.54) is 30.8 Å². The van der Waals surface area contributed by atoms with E-state index in [2.05, 4.69) is 46.5 Å². The second-order valence-electron chi connectivity index (χ2n) is 5.69. The standard InChI is InChI=1S/C17H28N4S/c1-3-9-19-17(18-4-2)20-13-15-7-10-21(11-8-15)14-16-6-5-12-22-16/h3,5-6,12,15H,1,4,7-11,13-14H2,2H3,(H2,18,19,20). The molecule has 1 fully saturated rings. The van der Waals surface area contributed by atoms with Crippen molar-refractivity contribution >= 4 is 17.3 Å². The van der Waals surface area contributed by atoms with E-state index >= 15 is 0 Å². The molecule has 22 heavy (non-hydrogen) atoms. The van der Waals surface area contributed by atoms with Gasteiger partial charge >= 0.3 is 0 Å². The molecule has 0 aromatic carbocycles. The summed E-state index contributed by atoms with van der Waals surface area (Å²) in [7, 11) is 0. The molecule has 0 atom stereocenters. The van der Waals surface area contributed by atoms with Crippen molar-refractivity contribution in [3.05, 3.63) is 35.0 Å². The van der Waals surface area contributed by atoms with Crippen molar-refractivity contribution in [3.8, 4) is 0 Å². The molecule has 1 aromatic rings. The van der Waals surface area contributed by atoms with Crippen LogP contribution < -0.4 is 10.6 Å². The number of nitrogens with one attached hydrogen (secondary N) is 2. The SMILES string of the molecule is C=CCNC(=NCC1CCN(Cc2cccs2)CC1)NCC. The molecule has 4 nitrogen and oxygen atoms in total. The minimum Gasteiger partial charge on any atom is -0.357 e. The predicted molar refractivity (Wildman–Crippen MR) is 96.5 cm³/mol. The van der Waals surface area contributed by atoms with E-state index in [0.29, 0.717) is 5.92 Å². The van der Waals surface area contributed by atoms with Gasteiger partial charge in [0.1, 0.15) is 0 Å². The Balaban J connectivity index is 1.72. The van der Waals surface area contributed by atoms with E-state index < -0.39 is 0 Å². The second-order valence-corrected chi connectivity index (χ2v) is 6.72. The van der Waals surface area contributed by atoms with Crippen LogP contribution >= 0.6 is 11.3 Å². The van der Waals surface area contributed by atoms with Gasteiger partial charge in [0.25, 0.3) is 0 Å². The minimum absolute atomic E-state index is 0.707. The van der Waals surface area contributed by atoms with Crippen LogP contribution in [-0.4, -0.2) is 43.6 Å². The summed E-state index contributed by atoms with van der Waals surface area (Å²) in [6.07, 6.45) is 4.35. The van der Waals surface area contributed by atoms with Gasteiger partial charge in [-0.25, -0.2) is 0 Å². The first-order chi connectivity index (χ1) is 10.8. The summed E-state index contributed by atoms with van der Waals surface area (Å²) in [6.45, 7) is 11.9. The van der Waals surface area contributed by atoms with Crippen LogP contribution in [-0.2, 0) is 6.54 Å². The summed E-state index contributed by atoms with van der Waals surface area (Å²) < 4.78 is 0. The third-order valence-electron chi connectivity index (χ3n) is 3.93. The molecule has 5 heteroatoms. The van der Waals surface area contributed by atoms with Gasteiger partial charge in [-0.3, -0.25) is 9.89 Å². The number of rotatable bonds is 7. The van der Waals surface area contributed by atoms with Gasteiger partial charge in [0.05, 0.1) is 0 Å². The fourth-order valence-electron chi connectivity index (χ4n) is 2.68. The largest absolute Gasteiger partial charge is 0.357 e. The number of piperidine rings is 1. The Bertz CT molecular complexity index is 447.